The Labute approximate surface area is 254 Å². The van der Waals surface area contributed by atoms with Crippen molar-refractivity contribution in [3.63, 3.8) is 0 Å². The number of carbonyl (C=O) groups excluding carboxylic acids is 2. The molecule has 0 radical (unpaired) electrons. The van der Waals surface area contributed by atoms with Gasteiger partial charge in [0.1, 0.15) is 5.75 Å². The average Bonchev–Trinajstić information content (AvgIpc) is 2.90. The molecule has 0 saturated carbocycles. The smallest absolute Gasteiger partial charge is 0.314 e. The van der Waals surface area contributed by atoms with Crippen LogP contribution in [0, 0.1) is 5.41 Å². The highest BCUT2D eigenvalue weighted by Crippen LogP contribution is 2.41. The van der Waals surface area contributed by atoms with Crippen LogP contribution in [0.5, 0.6) is 0 Å². The van der Waals surface area contributed by atoms with Crippen molar-refractivity contribution in [3.8, 4) is 0 Å². The second-order valence-electron chi connectivity index (χ2n) is 11.3. The summed E-state index contributed by atoms with van der Waals surface area (Å²) in [6, 6.07) is 7.92. The first kappa shape index (κ1) is 35.1. The van der Waals surface area contributed by atoms with E-state index in [1.807, 2.05) is 26.0 Å². The lowest BCUT2D eigenvalue weighted by Gasteiger charge is -2.46. The monoisotopic (exact) mass is 652 g/mol. The Balaban J connectivity index is 2.18. The first-order chi connectivity index (χ1) is 19.2. The number of ether oxygens (including phenoxy) is 3. The van der Waals surface area contributed by atoms with E-state index in [2.05, 4.69) is 35.0 Å². The number of carbonyl (C=O) groups is 2. The first-order valence-corrected chi connectivity index (χ1v) is 16.9. The molecule has 0 bridgehead atoms. The van der Waals surface area contributed by atoms with E-state index >= 15 is 0 Å². The molecule has 0 aromatic heterocycles. The Morgan fingerprint density at radius 1 is 1.12 bits per heavy atom. The number of hydrogen-bond donors (Lipinski definition) is 0. The molecule has 0 N–H and O–H groups in total. The SMILES string of the molecule is CCOC(=O)[C@@](C)(C/C=C(C)/C=C/CC/C=C(\C)CBr)[C@H]1C[C@@H](CC(=O)CS(=O)(=O)c2ccccc2)OC(C)(C)O1. The minimum Gasteiger partial charge on any atom is -0.465 e. The summed E-state index contributed by atoms with van der Waals surface area (Å²) in [5, 5.41) is 0.870. The molecule has 2 rings (SSSR count). The van der Waals surface area contributed by atoms with E-state index in [-0.39, 0.29) is 30.3 Å². The summed E-state index contributed by atoms with van der Waals surface area (Å²) in [4.78, 5) is 26.3. The van der Waals surface area contributed by atoms with Crippen molar-refractivity contribution in [2.24, 2.45) is 5.41 Å². The van der Waals surface area contributed by atoms with Crippen molar-refractivity contribution in [2.75, 3.05) is 17.7 Å². The molecule has 3 atom stereocenters. The van der Waals surface area contributed by atoms with E-state index in [9.17, 15) is 18.0 Å². The maximum atomic E-state index is 13.3. The molecule has 0 unspecified atom stereocenters. The van der Waals surface area contributed by atoms with Crippen molar-refractivity contribution < 1.29 is 32.2 Å². The van der Waals surface area contributed by atoms with Gasteiger partial charge in [0, 0.05) is 18.2 Å². The Morgan fingerprint density at radius 3 is 2.44 bits per heavy atom. The fourth-order valence-electron chi connectivity index (χ4n) is 4.69. The van der Waals surface area contributed by atoms with Crippen LogP contribution < -0.4 is 0 Å². The fourth-order valence-corrected chi connectivity index (χ4v) is 6.20. The predicted molar refractivity (Wildman–Crippen MR) is 166 cm³/mol. The number of halogens is 1. The average molecular weight is 654 g/mol. The van der Waals surface area contributed by atoms with E-state index < -0.39 is 44.8 Å². The van der Waals surface area contributed by atoms with E-state index in [4.69, 9.17) is 14.2 Å². The Hall–Kier alpha value is -2.07. The number of sulfone groups is 1. The number of benzene rings is 1. The van der Waals surface area contributed by atoms with Gasteiger partial charge in [-0.1, -0.05) is 69.6 Å². The summed E-state index contributed by atoms with van der Waals surface area (Å²) in [7, 11) is -3.77. The van der Waals surface area contributed by atoms with Gasteiger partial charge in [0.25, 0.3) is 0 Å². The normalized spacial score (nSPS) is 21.4. The first-order valence-electron chi connectivity index (χ1n) is 14.1. The van der Waals surface area contributed by atoms with Crippen molar-refractivity contribution in [1.82, 2.24) is 0 Å². The van der Waals surface area contributed by atoms with Crippen LogP contribution in [-0.2, 0) is 33.6 Å². The molecule has 7 nitrogen and oxygen atoms in total. The van der Waals surface area contributed by atoms with Crippen LogP contribution in [0.15, 0.2) is 70.7 Å². The van der Waals surface area contributed by atoms with E-state index in [1.165, 1.54) is 17.7 Å². The van der Waals surface area contributed by atoms with Crippen LogP contribution in [0.1, 0.15) is 73.6 Å². The topological polar surface area (TPSA) is 96.0 Å². The van der Waals surface area contributed by atoms with Crippen molar-refractivity contribution in [1.29, 1.82) is 0 Å². The van der Waals surface area contributed by atoms with Crippen LogP contribution >= 0.6 is 15.9 Å². The van der Waals surface area contributed by atoms with E-state index in [0.717, 1.165) is 23.7 Å². The molecule has 1 fully saturated rings. The lowest BCUT2D eigenvalue weighted by Crippen LogP contribution is -2.53. The highest BCUT2D eigenvalue weighted by molar-refractivity contribution is 9.09. The maximum Gasteiger partial charge on any atom is 0.314 e. The molecular weight excluding hydrogens is 608 g/mol. The molecule has 0 spiro atoms. The van der Waals surface area contributed by atoms with Crippen LogP contribution in [0.3, 0.4) is 0 Å². The Bertz CT molecular complexity index is 1220. The largest absolute Gasteiger partial charge is 0.465 e. The quantitative estimate of drug-likeness (QED) is 0.0667. The number of rotatable bonds is 15. The summed E-state index contributed by atoms with van der Waals surface area (Å²) < 4.78 is 43.2. The number of Topliss-reactive ketones (excluding diaryl/α,β-unsaturated/α-hetero) is 1. The van der Waals surface area contributed by atoms with Crippen LogP contribution in [0.2, 0.25) is 0 Å². The molecule has 1 heterocycles. The maximum absolute atomic E-state index is 13.3. The predicted octanol–water partition coefficient (Wildman–Crippen LogP) is 6.91. The summed E-state index contributed by atoms with van der Waals surface area (Å²) in [6.45, 7) is 11.4. The zero-order valence-electron chi connectivity index (χ0n) is 25.2. The van der Waals surface area contributed by atoms with Crippen LogP contribution in [0.25, 0.3) is 0 Å². The zero-order chi connectivity index (χ0) is 30.7. The molecule has 228 valence electrons. The van der Waals surface area contributed by atoms with Crippen LogP contribution in [0.4, 0.5) is 0 Å². The number of unbranched alkanes of at least 4 members (excludes halogenated alkanes) is 1. The molecular formula is C32H45BrO7S. The number of esters is 1. The van der Waals surface area contributed by atoms with Gasteiger partial charge in [-0.15, -0.1) is 0 Å². The van der Waals surface area contributed by atoms with Gasteiger partial charge < -0.3 is 14.2 Å². The van der Waals surface area contributed by atoms with Crippen molar-refractivity contribution >= 4 is 37.5 Å². The number of ketones is 1. The molecule has 1 aliphatic rings. The fraction of sp³-hybridized carbons (Fsp3) is 0.562. The molecule has 9 heteroatoms. The Kier molecular flexibility index (Phi) is 13.7. The molecule has 1 saturated heterocycles. The van der Waals surface area contributed by atoms with Gasteiger partial charge in [0.15, 0.2) is 21.4 Å². The molecule has 1 aliphatic heterocycles. The van der Waals surface area contributed by atoms with Gasteiger partial charge in [-0.05, 0) is 72.9 Å². The Morgan fingerprint density at radius 2 is 1.80 bits per heavy atom. The summed E-state index contributed by atoms with van der Waals surface area (Å²) in [5.74, 6) is -2.53. The number of allylic oxidation sites excluding steroid dienone is 6. The summed E-state index contributed by atoms with van der Waals surface area (Å²) in [5.41, 5.74) is 1.28. The van der Waals surface area contributed by atoms with Crippen LogP contribution in [-0.4, -0.2) is 55.9 Å². The molecule has 1 aromatic rings. The molecule has 0 aliphatic carbocycles. The molecule has 0 amide bonds. The third-order valence-corrected chi connectivity index (χ3v) is 9.56. The lowest BCUT2D eigenvalue weighted by atomic mass is 9.77. The zero-order valence-corrected chi connectivity index (χ0v) is 27.6. The van der Waals surface area contributed by atoms with Crippen molar-refractivity contribution in [3.05, 3.63) is 65.8 Å². The van der Waals surface area contributed by atoms with E-state index in [1.54, 1.807) is 39.0 Å². The summed E-state index contributed by atoms with van der Waals surface area (Å²) >= 11 is 3.45. The lowest BCUT2D eigenvalue weighted by molar-refractivity contribution is -0.315. The van der Waals surface area contributed by atoms with Gasteiger partial charge in [0.05, 0.1) is 29.1 Å². The highest BCUT2D eigenvalue weighted by atomic mass is 79.9. The molecule has 41 heavy (non-hydrogen) atoms. The third-order valence-electron chi connectivity index (χ3n) is 6.98. The highest BCUT2D eigenvalue weighted by Gasteiger charge is 2.49. The van der Waals surface area contributed by atoms with Gasteiger partial charge in [-0.3, -0.25) is 9.59 Å². The van der Waals surface area contributed by atoms with E-state index in [0.29, 0.717) is 6.42 Å². The second-order valence-corrected chi connectivity index (χ2v) is 13.8. The standard InChI is InChI=1S/C32H45BrO7S/c1-7-38-30(35)32(6,19-18-24(2)14-10-8-11-15-25(3)22-33)29-21-27(39-31(4,5)40-29)20-26(34)23-41(36,37)28-16-12-9-13-17-28/h9-10,12-18,27,29H,7-8,11,19-23H2,1-6H3/b14-10+,24-18+,25-15+/t27-,29-,32+/m1/s1. The van der Waals surface area contributed by atoms with Gasteiger partial charge in [0.2, 0.25) is 0 Å². The second kappa shape index (κ2) is 16.0. The number of hydrogen-bond acceptors (Lipinski definition) is 7. The minimum absolute atomic E-state index is 0.102. The van der Waals surface area contributed by atoms with Crippen molar-refractivity contribution in [2.45, 2.75) is 96.5 Å². The van der Waals surface area contributed by atoms with Gasteiger partial charge >= 0.3 is 5.97 Å². The van der Waals surface area contributed by atoms with Gasteiger partial charge in [-0.2, -0.15) is 0 Å². The number of alkyl halides is 1. The molecule has 1 aromatic carbocycles. The third kappa shape index (κ3) is 11.3. The minimum atomic E-state index is -3.77. The summed E-state index contributed by atoms with van der Waals surface area (Å²) in [6.07, 6.45) is 9.54. The van der Waals surface area contributed by atoms with Gasteiger partial charge in [-0.25, -0.2) is 8.42 Å².